The maximum Gasteiger partial charge on any atom is 0.471 e. The summed E-state index contributed by atoms with van der Waals surface area (Å²) in [5.74, 6) is -2.03. The van der Waals surface area contributed by atoms with Crippen LogP contribution in [0.15, 0.2) is 53.0 Å². The highest BCUT2D eigenvalue weighted by Gasteiger charge is 2.43. The largest absolute Gasteiger partial charge is 0.471 e. The van der Waals surface area contributed by atoms with Gasteiger partial charge in [0.2, 0.25) is 0 Å². The van der Waals surface area contributed by atoms with Crippen molar-refractivity contribution in [2.24, 2.45) is 0 Å². The van der Waals surface area contributed by atoms with Crippen molar-refractivity contribution in [3.05, 3.63) is 58.6 Å². The summed E-state index contributed by atoms with van der Waals surface area (Å²) in [6.07, 6.45) is -4.84. The maximum absolute atomic E-state index is 12.5. The van der Waals surface area contributed by atoms with Crippen LogP contribution in [-0.2, 0) is 4.79 Å². The first-order valence-corrected chi connectivity index (χ1v) is 9.31. The molecule has 148 valence electrons. The van der Waals surface area contributed by atoms with Crippen LogP contribution in [0, 0.1) is 0 Å². The second-order valence-corrected chi connectivity index (χ2v) is 7.20. The lowest BCUT2D eigenvalue weighted by Crippen LogP contribution is -2.52. The van der Waals surface area contributed by atoms with Crippen LogP contribution in [0.2, 0.25) is 0 Å². The summed E-state index contributed by atoms with van der Waals surface area (Å²) >= 11 is 3.31. The SMILES string of the molecule is O=C(Nc1ccc(N2CCN(C(=O)C(F)(F)F)CC2)cc1)c1ccc(Br)cc1. The van der Waals surface area contributed by atoms with Crippen molar-refractivity contribution in [1.82, 2.24) is 4.90 Å². The van der Waals surface area contributed by atoms with E-state index in [0.29, 0.717) is 24.3 Å². The molecule has 2 aromatic carbocycles. The standard InChI is InChI=1S/C19H17BrF3N3O2/c20-14-3-1-13(2-4-14)17(27)24-15-5-7-16(8-6-15)25-9-11-26(12-10-25)18(28)19(21,22)23/h1-8H,9-12H2,(H,24,27). The number of nitrogens with one attached hydrogen (secondary N) is 1. The predicted molar refractivity (Wildman–Crippen MR) is 103 cm³/mol. The van der Waals surface area contributed by atoms with Gasteiger partial charge in [0.05, 0.1) is 0 Å². The molecule has 0 unspecified atom stereocenters. The van der Waals surface area contributed by atoms with Gasteiger partial charge in [0.25, 0.3) is 5.91 Å². The molecule has 2 amide bonds. The number of rotatable bonds is 3. The van der Waals surface area contributed by atoms with Gasteiger partial charge in [0, 0.05) is 47.6 Å². The zero-order valence-electron chi connectivity index (χ0n) is 14.7. The molecule has 0 saturated carbocycles. The van der Waals surface area contributed by atoms with Gasteiger partial charge in [0.1, 0.15) is 0 Å². The fraction of sp³-hybridized carbons (Fsp3) is 0.263. The van der Waals surface area contributed by atoms with Crippen LogP contribution < -0.4 is 10.2 Å². The highest BCUT2D eigenvalue weighted by atomic mass is 79.9. The molecule has 1 fully saturated rings. The lowest BCUT2D eigenvalue weighted by atomic mass is 10.2. The van der Waals surface area contributed by atoms with Crippen LogP contribution in [0.4, 0.5) is 24.5 Å². The Morgan fingerprint density at radius 2 is 1.46 bits per heavy atom. The Labute approximate surface area is 168 Å². The Balaban J connectivity index is 1.57. The van der Waals surface area contributed by atoms with Crippen molar-refractivity contribution in [2.75, 3.05) is 36.4 Å². The number of nitrogens with zero attached hydrogens (tertiary/aromatic N) is 2. The van der Waals surface area contributed by atoms with Gasteiger partial charge in [-0.3, -0.25) is 9.59 Å². The molecule has 0 aromatic heterocycles. The molecule has 0 bridgehead atoms. The Bertz CT molecular complexity index is 846. The lowest BCUT2D eigenvalue weighted by molar-refractivity contribution is -0.185. The van der Waals surface area contributed by atoms with Crippen LogP contribution >= 0.6 is 15.9 Å². The lowest BCUT2D eigenvalue weighted by Gasteiger charge is -2.36. The minimum absolute atomic E-state index is 0.0143. The minimum atomic E-state index is -4.84. The van der Waals surface area contributed by atoms with E-state index in [1.165, 1.54) is 0 Å². The van der Waals surface area contributed by atoms with Crippen molar-refractivity contribution in [3.63, 3.8) is 0 Å². The van der Waals surface area contributed by atoms with Gasteiger partial charge >= 0.3 is 12.1 Å². The fourth-order valence-corrected chi connectivity index (χ4v) is 3.17. The first kappa shape index (κ1) is 20.2. The number of amides is 2. The first-order valence-electron chi connectivity index (χ1n) is 8.52. The van der Waals surface area contributed by atoms with Gasteiger partial charge in [0.15, 0.2) is 0 Å². The number of anilines is 2. The van der Waals surface area contributed by atoms with Crippen LogP contribution in [0.25, 0.3) is 0 Å². The average molecular weight is 456 g/mol. The molecule has 2 aromatic rings. The number of piperazine rings is 1. The minimum Gasteiger partial charge on any atom is -0.368 e. The van der Waals surface area contributed by atoms with Crippen molar-refractivity contribution < 1.29 is 22.8 Å². The van der Waals surface area contributed by atoms with E-state index in [0.717, 1.165) is 15.1 Å². The number of alkyl halides is 3. The molecule has 0 radical (unpaired) electrons. The summed E-state index contributed by atoms with van der Waals surface area (Å²) in [4.78, 5) is 26.2. The Hall–Kier alpha value is -2.55. The van der Waals surface area contributed by atoms with Gasteiger partial charge in [-0.25, -0.2) is 0 Å². The molecular weight excluding hydrogens is 439 g/mol. The third kappa shape index (κ3) is 4.83. The van der Waals surface area contributed by atoms with E-state index in [2.05, 4.69) is 21.2 Å². The van der Waals surface area contributed by atoms with Crippen LogP contribution in [0.3, 0.4) is 0 Å². The molecule has 0 spiro atoms. The van der Waals surface area contributed by atoms with Gasteiger partial charge in [-0.1, -0.05) is 15.9 Å². The topological polar surface area (TPSA) is 52.7 Å². The normalized spacial score (nSPS) is 14.7. The van der Waals surface area contributed by atoms with E-state index in [1.54, 1.807) is 48.5 Å². The molecule has 1 N–H and O–H groups in total. The molecule has 3 rings (SSSR count). The van der Waals surface area contributed by atoms with Crippen molar-refractivity contribution >= 4 is 39.1 Å². The van der Waals surface area contributed by atoms with Gasteiger partial charge in [-0.05, 0) is 48.5 Å². The Morgan fingerprint density at radius 1 is 0.893 bits per heavy atom. The van der Waals surface area contributed by atoms with Crippen molar-refractivity contribution in [2.45, 2.75) is 6.18 Å². The summed E-state index contributed by atoms with van der Waals surface area (Å²) in [7, 11) is 0. The summed E-state index contributed by atoms with van der Waals surface area (Å²) in [6.45, 7) is 0.652. The molecule has 5 nitrogen and oxygen atoms in total. The number of carbonyl (C=O) groups is 2. The average Bonchev–Trinajstić information content (AvgIpc) is 2.68. The second-order valence-electron chi connectivity index (χ2n) is 6.28. The number of benzene rings is 2. The molecule has 1 heterocycles. The predicted octanol–water partition coefficient (Wildman–Crippen LogP) is 3.91. The van der Waals surface area contributed by atoms with Crippen LogP contribution in [0.5, 0.6) is 0 Å². The monoisotopic (exact) mass is 455 g/mol. The number of carbonyl (C=O) groups excluding carboxylic acids is 2. The quantitative estimate of drug-likeness (QED) is 0.763. The van der Waals surface area contributed by atoms with E-state index >= 15 is 0 Å². The van der Waals surface area contributed by atoms with E-state index in [9.17, 15) is 22.8 Å². The van der Waals surface area contributed by atoms with E-state index in [4.69, 9.17) is 0 Å². The number of hydrogen-bond acceptors (Lipinski definition) is 3. The molecule has 1 aliphatic rings. The molecule has 0 aliphatic carbocycles. The molecule has 0 atom stereocenters. The molecular formula is C19H17BrF3N3O2. The molecule has 1 saturated heterocycles. The number of hydrogen-bond donors (Lipinski definition) is 1. The first-order chi connectivity index (χ1) is 13.2. The fourth-order valence-electron chi connectivity index (χ4n) is 2.91. The zero-order chi connectivity index (χ0) is 20.3. The molecule has 1 aliphatic heterocycles. The van der Waals surface area contributed by atoms with Crippen LogP contribution in [-0.4, -0.2) is 49.1 Å². The highest BCUT2D eigenvalue weighted by molar-refractivity contribution is 9.10. The Morgan fingerprint density at radius 3 is 2.00 bits per heavy atom. The third-order valence-corrected chi connectivity index (χ3v) is 4.93. The summed E-state index contributed by atoms with van der Waals surface area (Å²) in [6, 6.07) is 14.0. The van der Waals surface area contributed by atoms with Gasteiger partial charge < -0.3 is 15.1 Å². The van der Waals surface area contributed by atoms with Gasteiger partial charge in [-0.2, -0.15) is 13.2 Å². The molecule has 28 heavy (non-hydrogen) atoms. The van der Waals surface area contributed by atoms with E-state index in [-0.39, 0.29) is 19.0 Å². The molecule has 9 heteroatoms. The Kier molecular flexibility index (Phi) is 5.93. The third-order valence-electron chi connectivity index (χ3n) is 4.41. The smallest absolute Gasteiger partial charge is 0.368 e. The van der Waals surface area contributed by atoms with Crippen molar-refractivity contribution in [3.8, 4) is 0 Å². The van der Waals surface area contributed by atoms with Crippen molar-refractivity contribution in [1.29, 1.82) is 0 Å². The highest BCUT2D eigenvalue weighted by Crippen LogP contribution is 2.23. The van der Waals surface area contributed by atoms with Crippen LogP contribution in [0.1, 0.15) is 10.4 Å². The van der Waals surface area contributed by atoms with E-state index < -0.39 is 12.1 Å². The second kappa shape index (κ2) is 8.22. The maximum atomic E-state index is 12.5. The summed E-state index contributed by atoms with van der Waals surface area (Å²) < 4.78 is 38.4. The summed E-state index contributed by atoms with van der Waals surface area (Å²) in [5.41, 5.74) is 1.96. The van der Waals surface area contributed by atoms with E-state index in [1.807, 2.05) is 4.90 Å². The van der Waals surface area contributed by atoms with Gasteiger partial charge in [-0.15, -0.1) is 0 Å². The number of halogens is 4. The summed E-state index contributed by atoms with van der Waals surface area (Å²) in [5, 5.41) is 2.80. The zero-order valence-corrected chi connectivity index (χ0v) is 16.3.